The first kappa shape index (κ1) is 16.8. The van der Waals surface area contributed by atoms with E-state index in [1.54, 1.807) is 35.6 Å². The van der Waals surface area contributed by atoms with Crippen LogP contribution in [0, 0.1) is 0 Å². The van der Waals surface area contributed by atoms with Crippen LogP contribution in [0.15, 0.2) is 60.0 Å². The van der Waals surface area contributed by atoms with E-state index in [1.165, 1.54) is 11.3 Å². The van der Waals surface area contributed by atoms with Gasteiger partial charge in [0.15, 0.2) is 10.2 Å². The summed E-state index contributed by atoms with van der Waals surface area (Å²) in [7, 11) is 0. The first-order valence-electron chi connectivity index (χ1n) is 7.68. The number of nitrogens with zero attached hydrogens (tertiary/aromatic N) is 2. The van der Waals surface area contributed by atoms with E-state index in [-0.39, 0.29) is 11.0 Å². The van der Waals surface area contributed by atoms with Gasteiger partial charge in [0.2, 0.25) is 0 Å². The second-order valence-corrected chi connectivity index (χ2v) is 7.60. The van der Waals surface area contributed by atoms with Gasteiger partial charge in [-0.2, -0.15) is 0 Å². The van der Waals surface area contributed by atoms with Crippen LogP contribution in [0.1, 0.15) is 10.4 Å². The number of rotatable bonds is 3. The minimum atomic E-state index is -0.258. The van der Waals surface area contributed by atoms with E-state index in [9.17, 15) is 4.79 Å². The summed E-state index contributed by atoms with van der Waals surface area (Å²) in [6, 6.07) is 16.9. The van der Waals surface area contributed by atoms with Crippen molar-refractivity contribution in [1.29, 1.82) is 0 Å². The zero-order valence-electron chi connectivity index (χ0n) is 13.3. The summed E-state index contributed by atoms with van der Waals surface area (Å²) in [6.07, 6.45) is 0. The van der Waals surface area contributed by atoms with Gasteiger partial charge < -0.3 is 5.32 Å². The third-order valence-corrected chi connectivity index (χ3v) is 5.52. The van der Waals surface area contributed by atoms with Crippen molar-refractivity contribution >= 4 is 61.3 Å². The lowest BCUT2D eigenvalue weighted by atomic mass is 10.2. The Morgan fingerprint density at radius 3 is 2.58 bits per heavy atom. The zero-order valence-corrected chi connectivity index (χ0v) is 15.8. The van der Waals surface area contributed by atoms with Crippen LogP contribution in [-0.4, -0.2) is 21.0 Å². The predicted octanol–water partition coefficient (Wildman–Crippen LogP) is 4.55. The molecule has 0 spiro atoms. The number of hydrogen-bond donors (Lipinski definition) is 2. The van der Waals surface area contributed by atoms with Crippen LogP contribution in [0.5, 0.6) is 0 Å². The Balaban J connectivity index is 1.44. The van der Waals surface area contributed by atoms with Gasteiger partial charge in [0, 0.05) is 10.9 Å². The summed E-state index contributed by atoms with van der Waals surface area (Å²) in [6.45, 7) is 0. The van der Waals surface area contributed by atoms with Crippen molar-refractivity contribution in [2.45, 2.75) is 0 Å². The van der Waals surface area contributed by atoms with Crippen LogP contribution in [0.3, 0.4) is 0 Å². The van der Waals surface area contributed by atoms with Crippen molar-refractivity contribution in [3.8, 4) is 10.7 Å². The average molecular weight is 397 g/mol. The van der Waals surface area contributed by atoms with Crippen molar-refractivity contribution in [3.05, 3.63) is 65.5 Å². The summed E-state index contributed by atoms with van der Waals surface area (Å²) in [5, 5.41) is 9.20. The van der Waals surface area contributed by atoms with Crippen molar-refractivity contribution in [3.63, 3.8) is 0 Å². The number of thiazole rings is 2. The standard InChI is InChI=1S/C18H12N4OS3/c23-15(11-6-2-1-3-7-11)21-17(24)22-18-20-13(10-25-18)16-19-12-8-4-5-9-14(12)26-16/h1-10H,(H2,20,21,22,23,24). The molecule has 0 bridgehead atoms. The number of amides is 1. The van der Waals surface area contributed by atoms with Crippen LogP contribution in [0.25, 0.3) is 20.9 Å². The van der Waals surface area contributed by atoms with Crippen LogP contribution in [0.2, 0.25) is 0 Å². The number of nitrogens with one attached hydrogen (secondary N) is 2. The maximum Gasteiger partial charge on any atom is 0.257 e. The second-order valence-electron chi connectivity index (χ2n) is 5.30. The van der Waals surface area contributed by atoms with Gasteiger partial charge in [0.05, 0.1) is 10.2 Å². The van der Waals surface area contributed by atoms with Crippen molar-refractivity contribution in [1.82, 2.24) is 15.3 Å². The zero-order chi connectivity index (χ0) is 17.9. The summed E-state index contributed by atoms with van der Waals surface area (Å²) >= 11 is 8.21. The number of benzene rings is 2. The molecule has 2 heterocycles. The van der Waals surface area contributed by atoms with Gasteiger partial charge in [0.1, 0.15) is 10.7 Å². The maximum absolute atomic E-state index is 12.1. The molecule has 0 fully saturated rings. The van der Waals surface area contributed by atoms with Crippen LogP contribution < -0.4 is 10.6 Å². The van der Waals surface area contributed by atoms with Crippen LogP contribution in [-0.2, 0) is 0 Å². The molecule has 4 rings (SSSR count). The minimum absolute atomic E-state index is 0.212. The Kier molecular flexibility index (Phi) is 4.70. The molecule has 0 atom stereocenters. The number of carbonyl (C=O) groups is 1. The number of fused-ring (bicyclic) bond motifs is 1. The minimum Gasteiger partial charge on any atom is -0.308 e. The quantitative estimate of drug-likeness (QED) is 0.498. The highest BCUT2D eigenvalue weighted by molar-refractivity contribution is 7.80. The van der Waals surface area contributed by atoms with Gasteiger partial charge in [-0.15, -0.1) is 22.7 Å². The lowest BCUT2D eigenvalue weighted by molar-refractivity contribution is 0.0977. The van der Waals surface area contributed by atoms with Crippen molar-refractivity contribution in [2.75, 3.05) is 5.32 Å². The van der Waals surface area contributed by atoms with E-state index in [0.717, 1.165) is 20.9 Å². The molecule has 0 aliphatic heterocycles. The number of para-hydroxylation sites is 1. The molecule has 8 heteroatoms. The van der Waals surface area contributed by atoms with Gasteiger partial charge in [-0.25, -0.2) is 9.97 Å². The summed E-state index contributed by atoms with van der Waals surface area (Å²) in [4.78, 5) is 21.2. The molecule has 26 heavy (non-hydrogen) atoms. The smallest absolute Gasteiger partial charge is 0.257 e. The average Bonchev–Trinajstić information content (AvgIpc) is 3.28. The molecule has 0 radical (unpaired) electrons. The van der Waals surface area contributed by atoms with Crippen LogP contribution in [0.4, 0.5) is 5.13 Å². The molecule has 0 saturated carbocycles. The van der Waals surface area contributed by atoms with Gasteiger partial charge in [-0.3, -0.25) is 10.1 Å². The summed E-state index contributed by atoms with van der Waals surface area (Å²) < 4.78 is 1.12. The fraction of sp³-hybridized carbons (Fsp3) is 0. The molecule has 0 aliphatic rings. The number of hydrogen-bond acceptors (Lipinski definition) is 6. The summed E-state index contributed by atoms with van der Waals surface area (Å²) in [5.41, 5.74) is 2.29. The van der Waals surface area contributed by atoms with E-state index < -0.39 is 0 Å². The second kappa shape index (κ2) is 7.28. The highest BCUT2D eigenvalue weighted by Crippen LogP contribution is 2.31. The van der Waals surface area contributed by atoms with Gasteiger partial charge in [-0.1, -0.05) is 30.3 Å². The fourth-order valence-electron chi connectivity index (χ4n) is 2.30. The van der Waals surface area contributed by atoms with Crippen LogP contribution >= 0.6 is 34.9 Å². The fourth-order valence-corrected chi connectivity index (χ4v) is 4.26. The number of anilines is 1. The number of aromatic nitrogens is 2. The van der Waals surface area contributed by atoms with E-state index in [2.05, 4.69) is 20.6 Å². The summed E-state index contributed by atoms with van der Waals surface area (Å²) in [5.74, 6) is -0.258. The van der Waals surface area contributed by atoms with Gasteiger partial charge >= 0.3 is 0 Å². The molecule has 0 unspecified atom stereocenters. The Labute approximate surface area is 162 Å². The third kappa shape index (κ3) is 3.62. The van der Waals surface area contributed by atoms with E-state index >= 15 is 0 Å². The number of carbonyl (C=O) groups excluding carboxylic acids is 1. The lowest BCUT2D eigenvalue weighted by Gasteiger charge is -2.06. The van der Waals surface area contributed by atoms with E-state index in [1.807, 2.05) is 35.7 Å². The molecule has 2 aromatic carbocycles. The maximum atomic E-state index is 12.1. The lowest BCUT2D eigenvalue weighted by Crippen LogP contribution is -2.34. The molecule has 4 aromatic rings. The molecule has 0 aliphatic carbocycles. The van der Waals surface area contributed by atoms with Gasteiger partial charge in [0.25, 0.3) is 5.91 Å². The SMILES string of the molecule is O=C(NC(=S)Nc1nc(-c2nc3ccccc3s2)cs1)c1ccccc1. The molecular weight excluding hydrogens is 384 g/mol. The highest BCUT2D eigenvalue weighted by atomic mass is 32.1. The van der Waals surface area contributed by atoms with Gasteiger partial charge in [-0.05, 0) is 36.5 Å². The Bertz CT molecular complexity index is 1050. The molecule has 5 nitrogen and oxygen atoms in total. The molecular formula is C18H12N4OS3. The predicted molar refractivity (Wildman–Crippen MR) is 111 cm³/mol. The van der Waals surface area contributed by atoms with E-state index in [0.29, 0.717) is 10.7 Å². The monoisotopic (exact) mass is 396 g/mol. The first-order chi connectivity index (χ1) is 12.7. The first-order valence-corrected chi connectivity index (χ1v) is 9.78. The van der Waals surface area contributed by atoms with E-state index in [4.69, 9.17) is 12.2 Å². The Hall–Kier alpha value is -2.68. The van der Waals surface area contributed by atoms with Crippen molar-refractivity contribution in [2.24, 2.45) is 0 Å². The topological polar surface area (TPSA) is 66.9 Å². The molecule has 0 saturated heterocycles. The molecule has 2 N–H and O–H groups in total. The Morgan fingerprint density at radius 1 is 1.00 bits per heavy atom. The molecule has 1 amide bonds. The molecule has 128 valence electrons. The largest absolute Gasteiger partial charge is 0.308 e. The highest BCUT2D eigenvalue weighted by Gasteiger charge is 2.12. The normalized spacial score (nSPS) is 10.6. The van der Waals surface area contributed by atoms with Crippen molar-refractivity contribution < 1.29 is 4.79 Å². The third-order valence-electron chi connectivity index (χ3n) is 3.50. The Morgan fingerprint density at radius 2 is 1.77 bits per heavy atom. The number of thiocarbonyl (C=S) groups is 1. The molecule has 2 aromatic heterocycles.